The molecule has 3 nitrogen and oxygen atoms in total. The zero-order valence-electron chi connectivity index (χ0n) is 14.1. The summed E-state index contributed by atoms with van der Waals surface area (Å²) in [6.07, 6.45) is 0.765. The van der Waals surface area contributed by atoms with Gasteiger partial charge in [0.1, 0.15) is 0 Å². The van der Waals surface area contributed by atoms with Gasteiger partial charge in [0.25, 0.3) is 0 Å². The smallest absolute Gasteiger partial charge is 0.0898 e. The molecule has 2 unspecified atom stereocenters. The molecule has 0 aliphatic carbocycles. The van der Waals surface area contributed by atoms with Crippen LogP contribution in [0.15, 0.2) is 24.3 Å². The minimum Gasteiger partial charge on any atom is -0.389 e. The van der Waals surface area contributed by atoms with Gasteiger partial charge in [-0.2, -0.15) is 0 Å². The molecule has 0 heterocycles. The molecule has 0 saturated heterocycles. The first kappa shape index (κ1) is 18.1. The molecule has 0 aliphatic rings. The number of benzene rings is 1. The second kappa shape index (κ2) is 9.19. The van der Waals surface area contributed by atoms with Crippen LogP contribution in [-0.2, 0) is 4.74 Å². The molecule has 120 valence electrons. The number of aliphatic hydroxyl groups is 1. The Morgan fingerprint density at radius 3 is 2.29 bits per heavy atom. The van der Waals surface area contributed by atoms with E-state index in [1.165, 1.54) is 11.1 Å². The summed E-state index contributed by atoms with van der Waals surface area (Å²) >= 11 is 0. The second-order valence-electron chi connectivity index (χ2n) is 6.47. The summed E-state index contributed by atoms with van der Waals surface area (Å²) < 4.78 is 5.68. The van der Waals surface area contributed by atoms with Crippen LogP contribution in [0.5, 0.6) is 0 Å². The summed E-state index contributed by atoms with van der Waals surface area (Å²) in [5.41, 5.74) is 2.50. The fourth-order valence-electron chi connectivity index (χ4n) is 2.35. The maximum Gasteiger partial charge on any atom is 0.0898 e. The molecule has 1 aromatic rings. The van der Waals surface area contributed by atoms with Gasteiger partial charge in [-0.25, -0.2) is 0 Å². The Morgan fingerprint density at radius 2 is 1.71 bits per heavy atom. The Kier molecular flexibility index (Phi) is 7.94. The highest BCUT2D eigenvalue weighted by Crippen LogP contribution is 2.13. The molecule has 0 saturated carbocycles. The lowest BCUT2D eigenvalue weighted by Crippen LogP contribution is -2.33. The Labute approximate surface area is 129 Å². The molecule has 21 heavy (non-hydrogen) atoms. The van der Waals surface area contributed by atoms with Crippen molar-refractivity contribution in [2.24, 2.45) is 5.92 Å². The normalized spacial score (nSPS) is 16.0. The number of nitrogens with one attached hydrogen (secondary N) is 1. The van der Waals surface area contributed by atoms with Gasteiger partial charge in [-0.05, 0) is 38.7 Å². The highest BCUT2D eigenvalue weighted by atomic mass is 16.5. The number of ether oxygens (including phenoxy) is 1. The van der Waals surface area contributed by atoms with Crippen LogP contribution in [0.4, 0.5) is 0 Å². The van der Waals surface area contributed by atoms with Crippen molar-refractivity contribution in [3.63, 3.8) is 0 Å². The van der Waals surface area contributed by atoms with Crippen LogP contribution < -0.4 is 5.32 Å². The molecular formula is C18H31NO2. The van der Waals surface area contributed by atoms with Crippen LogP contribution in [0.1, 0.15) is 51.3 Å². The molecule has 1 aromatic carbocycles. The number of aliphatic hydroxyl groups excluding tert-OH is 1. The largest absolute Gasteiger partial charge is 0.389 e. The molecular weight excluding hydrogens is 262 g/mol. The lowest BCUT2D eigenvalue weighted by Gasteiger charge is -2.20. The zero-order chi connectivity index (χ0) is 15.8. The third-order valence-corrected chi connectivity index (χ3v) is 3.61. The SMILES string of the molecule is Cc1ccc([C@H](C)NCC(O)COC(C)CC(C)C)cc1. The molecule has 0 fully saturated rings. The van der Waals surface area contributed by atoms with Gasteiger partial charge in [-0.1, -0.05) is 43.7 Å². The monoisotopic (exact) mass is 293 g/mol. The fourth-order valence-corrected chi connectivity index (χ4v) is 2.35. The van der Waals surface area contributed by atoms with E-state index in [0.717, 1.165) is 6.42 Å². The van der Waals surface area contributed by atoms with Gasteiger partial charge in [-0.15, -0.1) is 0 Å². The van der Waals surface area contributed by atoms with Gasteiger partial charge in [-0.3, -0.25) is 0 Å². The number of hydrogen-bond acceptors (Lipinski definition) is 3. The van der Waals surface area contributed by atoms with Crippen molar-refractivity contribution in [3.8, 4) is 0 Å². The van der Waals surface area contributed by atoms with E-state index < -0.39 is 6.10 Å². The van der Waals surface area contributed by atoms with Crippen LogP contribution in [0.2, 0.25) is 0 Å². The number of rotatable bonds is 9. The minimum absolute atomic E-state index is 0.203. The van der Waals surface area contributed by atoms with Crippen LogP contribution in [-0.4, -0.2) is 30.5 Å². The van der Waals surface area contributed by atoms with E-state index in [-0.39, 0.29) is 12.1 Å². The van der Waals surface area contributed by atoms with E-state index in [2.05, 4.69) is 64.2 Å². The van der Waals surface area contributed by atoms with E-state index in [0.29, 0.717) is 19.1 Å². The molecule has 0 aromatic heterocycles. The van der Waals surface area contributed by atoms with Gasteiger partial charge in [0, 0.05) is 12.6 Å². The zero-order valence-corrected chi connectivity index (χ0v) is 14.1. The topological polar surface area (TPSA) is 41.5 Å². The average Bonchev–Trinajstić information content (AvgIpc) is 2.42. The first-order chi connectivity index (χ1) is 9.88. The predicted octanol–water partition coefficient (Wildman–Crippen LogP) is 3.46. The second-order valence-corrected chi connectivity index (χ2v) is 6.47. The Hall–Kier alpha value is -0.900. The van der Waals surface area contributed by atoms with E-state index in [9.17, 15) is 5.11 Å². The van der Waals surface area contributed by atoms with Crippen molar-refractivity contribution in [2.45, 2.75) is 59.3 Å². The summed E-state index contributed by atoms with van der Waals surface area (Å²) in [6.45, 7) is 11.6. The van der Waals surface area contributed by atoms with Crippen LogP contribution in [0.3, 0.4) is 0 Å². The predicted molar refractivity (Wildman–Crippen MR) is 88.5 cm³/mol. The van der Waals surface area contributed by atoms with Gasteiger partial charge in [0.2, 0.25) is 0 Å². The maximum absolute atomic E-state index is 9.98. The molecule has 3 atom stereocenters. The van der Waals surface area contributed by atoms with Crippen molar-refractivity contribution in [1.29, 1.82) is 0 Å². The Bertz CT molecular complexity index is 389. The van der Waals surface area contributed by atoms with Gasteiger partial charge in [0.05, 0.1) is 18.8 Å². The summed E-state index contributed by atoms with van der Waals surface area (Å²) in [7, 11) is 0. The van der Waals surface area contributed by atoms with Crippen LogP contribution >= 0.6 is 0 Å². The van der Waals surface area contributed by atoms with E-state index in [4.69, 9.17) is 4.74 Å². The summed E-state index contributed by atoms with van der Waals surface area (Å²) in [6, 6.07) is 8.70. The Morgan fingerprint density at radius 1 is 1.10 bits per heavy atom. The van der Waals surface area contributed by atoms with E-state index in [1.807, 2.05) is 0 Å². The first-order valence-corrected chi connectivity index (χ1v) is 7.98. The summed E-state index contributed by atoms with van der Waals surface area (Å²) in [4.78, 5) is 0. The molecule has 1 rings (SSSR count). The van der Waals surface area contributed by atoms with Gasteiger partial charge < -0.3 is 15.2 Å². The van der Waals surface area contributed by atoms with Crippen LogP contribution in [0.25, 0.3) is 0 Å². The molecule has 0 amide bonds. The summed E-state index contributed by atoms with van der Waals surface area (Å²) in [5, 5.41) is 13.3. The third-order valence-electron chi connectivity index (χ3n) is 3.61. The standard InChI is InChI=1S/C18H31NO2/c1-13(2)10-15(4)21-12-18(20)11-19-16(5)17-8-6-14(3)7-9-17/h6-9,13,15-16,18-20H,10-12H2,1-5H3/t15?,16-,18?/m0/s1. The van der Waals surface area contributed by atoms with Crippen molar-refractivity contribution in [1.82, 2.24) is 5.32 Å². The highest BCUT2D eigenvalue weighted by molar-refractivity contribution is 5.23. The molecule has 0 radical (unpaired) electrons. The molecule has 3 heteroatoms. The van der Waals surface area contributed by atoms with E-state index in [1.54, 1.807) is 0 Å². The lowest BCUT2D eigenvalue weighted by molar-refractivity contribution is -0.00914. The molecule has 0 spiro atoms. The first-order valence-electron chi connectivity index (χ1n) is 7.98. The maximum atomic E-state index is 9.98. The molecule has 2 N–H and O–H groups in total. The van der Waals surface area contributed by atoms with Gasteiger partial charge >= 0.3 is 0 Å². The highest BCUT2D eigenvalue weighted by Gasteiger charge is 2.11. The molecule has 0 bridgehead atoms. The quantitative estimate of drug-likeness (QED) is 0.732. The summed E-state index contributed by atoms with van der Waals surface area (Å²) in [5.74, 6) is 0.622. The number of aryl methyl sites for hydroxylation is 1. The van der Waals surface area contributed by atoms with Crippen molar-refractivity contribution >= 4 is 0 Å². The van der Waals surface area contributed by atoms with E-state index >= 15 is 0 Å². The van der Waals surface area contributed by atoms with Crippen molar-refractivity contribution in [3.05, 3.63) is 35.4 Å². The van der Waals surface area contributed by atoms with Gasteiger partial charge in [0.15, 0.2) is 0 Å². The minimum atomic E-state index is -0.465. The lowest BCUT2D eigenvalue weighted by atomic mass is 10.1. The number of hydrogen-bond donors (Lipinski definition) is 2. The van der Waals surface area contributed by atoms with Crippen molar-refractivity contribution in [2.75, 3.05) is 13.2 Å². The third kappa shape index (κ3) is 7.60. The average molecular weight is 293 g/mol. The van der Waals surface area contributed by atoms with Crippen molar-refractivity contribution < 1.29 is 9.84 Å². The Balaban J connectivity index is 2.26. The van der Waals surface area contributed by atoms with Crippen LogP contribution in [0, 0.1) is 12.8 Å². The molecule has 0 aliphatic heterocycles. The fraction of sp³-hybridized carbons (Fsp3) is 0.667.